The summed E-state index contributed by atoms with van der Waals surface area (Å²) in [5.41, 5.74) is 0.706. The summed E-state index contributed by atoms with van der Waals surface area (Å²) >= 11 is 0. The summed E-state index contributed by atoms with van der Waals surface area (Å²) in [7, 11) is 0. The van der Waals surface area contributed by atoms with Crippen LogP contribution in [-0.4, -0.2) is 31.7 Å². The van der Waals surface area contributed by atoms with E-state index >= 15 is 0 Å². The van der Waals surface area contributed by atoms with Crippen LogP contribution < -0.4 is 20.1 Å². The van der Waals surface area contributed by atoms with Crippen LogP contribution in [0.1, 0.15) is 34.1 Å². The second kappa shape index (κ2) is 9.23. The summed E-state index contributed by atoms with van der Waals surface area (Å²) in [5.74, 6) is 1.27. The maximum Gasteiger partial charge on any atom is 0.238 e. The van der Waals surface area contributed by atoms with Gasteiger partial charge in [-0.2, -0.15) is 0 Å². The van der Waals surface area contributed by atoms with Crippen LogP contribution in [0.15, 0.2) is 18.2 Å². The number of hydrogen-bond donors (Lipinski definition) is 2. The first-order chi connectivity index (χ1) is 10.1. The van der Waals surface area contributed by atoms with Crippen LogP contribution in [-0.2, 0) is 4.79 Å². The monoisotopic (exact) mass is 294 g/mol. The Kier molecular flexibility index (Phi) is 7.61. The van der Waals surface area contributed by atoms with Crippen molar-refractivity contribution in [1.82, 2.24) is 5.32 Å². The van der Waals surface area contributed by atoms with E-state index in [0.29, 0.717) is 43.0 Å². The maximum atomic E-state index is 11.9. The molecule has 2 N–H and O–H groups in total. The van der Waals surface area contributed by atoms with E-state index in [1.54, 1.807) is 6.07 Å². The Hall–Kier alpha value is -1.75. The third kappa shape index (κ3) is 6.04. The van der Waals surface area contributed by atoms with Crippen LogP contribution in [0.2, 0.25) is 0 Å². The fourth-order valence-corrected chi connectivity index (χ4v) is 1.75. The molecule has 0 bridgehead atoms. The Balaban J connectivity index is 2.66. The minimum atomic E-state index is -0.0677. The van der Waals surface area contributed by atoms with Crippen molar-refractivity contribution in [3.63, 3.8) is 0 Å². The van der Waals surface area contributed by atoms with Gasteiger partial charge in [0.05, 0.1) is 19.8 Å². The van der Waals surface area contributed by atoms with Crippen molar-refractivity contribution in [1.29, 1.82) is 0 Å². The number of hydrogen-bond acceptors (Lipinski definition) is 4. The first-order valence-electron chi connectivity index (χ1n) is 7.53. The van der Waals surface area contributed by atoms with Gasteiger partial charge in [-0.25, -0.2) is 0 Å². The smallest absolute Gasteiger partial charge is 0.238 e. The number of carbonyl (C=O) groups excluding carboxylic acids is 1. The minimum absolute atomic E-state index is 0.0677. The molecule has 5 heteroatoms. The number of anilines is 1. The quantitative estimate of drug-likeness (QED) is 0.735. The van der Waals surface area contributed by atoms with Crippen LogP contribution in [0.25, 0.3) is 0 Å². The molecule has 118 valence electrons. The van der Waals surface area contributed by atoms with Gasteiger partial charge in [-0.1, -0.05) is 6.92 Å². The standard InChI is InChI=1S/C16H26N2O3/c1-5-12(4)17-11-16(19)18-13-8-9-14(20-6-2)15(10-13)21-7-3/h8-10,12,17H,5-7,11H2,1-4H3,(H,18,19). The molecule has 0 radical (unpaired) electrons. The average Bonchev–Trinajstić information content (AvgIpc) is 2.48. The lowest BCUT2D eigenvalue weighted by molar-refractivity contribution is -0.115. The van der Waals surface area contributed by atoms with Crippen LogP contribution in [0.3, 0.4) is 0 Å². The molecule has 0 saturated carbocycles. The molecule has 1 unspecified atom stereocenters. The van der Waals surface area contributed by atoms with Crippen molar-refractivity contribution in [2.45, 2.75) is 40.2 Å². The third-order valence-electron chi connectivity index (χ3n) is 3.05. The molecule has 0 heterocycles. The summed E-state index contributed by atoms with van der Waals surface area (Å²) in [6.45, 7) is 9.39. The molecule has 5 nitrogen and oxygen atoms in total. The number of carbonyl (C=O) groups is 1. The topological polar surface area (TPSA) is 59.6 Å². The number of benzene rings is 1. The van der Waals surface area contributed by atoms with E-state index in [2.05, 4.69) is 24.5 Å². The summed E-state index contributed by atoms with van der Waals surface area (Å²) in [6.07, 6.45) is 0.991. The van der Waals surface area contributed by atoms with Crippen LogP contribution in [0.4, 0.5) is 5.69 Å². The Morgan fingerprint density at radius 2 is 1.81 bits per heavy atom. The minimum Gasteiger partial charge on any atom is -0.490 e. The van der Waals surface area contributed by atoms with E-state index in [1.165, 1.54) is 0 Å². The van der Waals surface area contributed by atoms with Gasteiger partial charge in [-0.15, -0.1) is 0 Å². The lowest BCUT2D eigenvalue weighted by Crippen LogP contribution is -2.33. The van der Waals surface area contributed by atoms with Gasteiger partial charge in [-0.05, 0) is 39.3 Å². The largest absolute Gasteiger partial charge is 0.490 e. The van der Waals surface area contributed by atoms with E-state index in [-0.39, 0.29) is 5.91 Å². The fraction of sp³-hybridized carbons (Fsp3) is 0.562. The SMILES string of the molecule is CCOc1ccc(NC(=O)CNC(C)CC)cc1OCC. The van der Waals surface area contributed by atoms with E-state index < -0.39 is 0 Å². The normalized spacial score (nSPS) is 11.8. The van der Waals surface area contributed by atoms with Crippen LogP contribution in [0, 0.1) is 0 Å². The van der Waals surface area contributed by atoms with Gasteiger partial charge in [0.15, 0.2) is 11.5 Å². The first kappa shape index (κ1) is 17.3. The molecule has 0 aliphatic rings. The summed E-state index contributed by atoms with van der Waals surface area (Å²) in [5, 5.41) is 6.01. The lowest BCUT2D eigenvalue weighted by Gasteiger charge is -2.14. The Morgan fingerprint density at radius 1 is 1.14 bits per heavy atom. The molecule has 0 spiro atoms. The summed E-state index contributed by atoms with van der Waals surface area (Å²) in [4.78, 5) is 11.9. The van der Waals surface area contributed by atoms with Gasteiger partial charge in [0.1, 0.15) is 0 Å². The molecule has 0 saturated heterocycles. The van der Waals surface area contributed by atoms with Gasteiger partial charge in [0.25, 0.3) is 0 Å². The van der Waals surface area contributed by atoms with Crippen molar-refractivity contribution in [3.05, 3.63) is 18.2 Å². The van der Waals surface area contributed by atoms with Crippen molar-refractivity contribution in [3.8, 4) is 11.5 Å². The molecule has 1 rings (SSSR count). The zero-order valence-corrected chi connectivity index (χ0v) is 13.4. The summed E-state index contributed by atoms with van der Waals surface area (Å²) < 4.78 is 11.0. The molecule has 0 aliphatic heterocycles. The molecule has 0 aromatic heterocycles. The number of ether oxygens (including phenoxy) is 2. The second-order valence-corrected chi connectivity index (χ2v) is 4.77. The van der Waals surface area contributed by atoms with E-state index in [1.807, 2.05) is 26.0 Å². The van der Waals surface area contributed by atoms with Gasteiger partial charge in [0.2, 0.25) is 5.91 Å². The molecule has 21 heavy (non-hydrogen) atoms. The van der Waals surface area contributed by atoms with Crippen LogP contribution in [0.5, 0.6) is 11.5 Å². The molecular formula is C16H26N2O3. The molecule has 1 aromatic carbocycles. The zero-order chi connectivity index (χ0) is 15.7. The number of nitrogens with one attached hydrogen (secondary N) is 2. The van der Waals surface area contributed by atoms with E-state index in [0.717, 1.165) is 6.42 Å². The predicted molar refractivity (Wildman–Crippen MR) is 85.2 cm³/mol. The average molecular weight is 294 g/mol. The molecule has 1 aromatic rings. The highest BCUT2D eigenvalue weighted by atomic mass is 16.5. The van der Waals surface area contributed by atoms with Gasteiger partial charge in [-0.3, -0.25) is 4.79 Å². The highest BCUT2D eigenvalue weighted by Gasteiger charge is 2.09. The Morgan fingerprint density at radius 3 is 2.43 bits per heavy atom. The van der Waals surface area contributed by atoms with Crippen molar-refractivity contribution >= 4 is 11.6 Å². The van der Waals surface area contributed by atoms with E-state index in [9.17, 15) is 4.79 Å². The summed E-state index contributed by atoms with van der Waals surface area (Å²) in [6, 6.07) is 5.74. The van der Waals surface area contributed by atoms with Gasteiger partial charge < -0.3 is 20.1 Å². The lowest BCUT2D eigenvalue weighted by atomic mass is 10.2. The zero-order valence-electron chi connectivity index (χ0n) is 13.4. The van der Waals surface area contributed by atoms with Crippen LogP contribution >= 0.6 is 0 Å². The highest BCUT2D eigenvalue weighted by molar-refractivity contribution is 5.92. The third-order valence-corrected chi connectivity index (χ3v) is 3.05. The van der Waals surface area contributed by atoms with E-state index in [4.69, 9.17) is 9.47 Å². The first-order valence-corrected chi connectivity index (χ1v) is 7.53. The molecule has 1 atom stereocenters. The second-order valence-electron chi connectivity index (χ2n) is 4.77. The highest BCUT2D eigenvalue weighted by Crippen LogP contribution is 2.30. The van der Waals surface area contributed by atoms with Gasteiger partial charge in [0, 0.05) is 17.8 Å². The predicted octanol–water partition coefficient (Wildman–Crippen LogP) is 2.81. The van der Waals surface area contributed by atoms with Crippen molar-refractivity contribution in [2.24, 2.45) is 0 Å². The molecule has 0 aliphatic carbocycles. The van der Waals surface area contributed by atoms with Crippen molar-refractivity contribution in [2.75, 3.05) is 25.1 Å². The fourth-order valence-electron chi connectivity index (χ4n) is 1.75. The number of rotatable bonds is 9. The maximum absolute atomic E-state index is 11.9. The van der Waals surface area contributed by atoms with Gasteiger partial charge >= 0.3 is 0 Å². The molecular weight excluding hydrogens is 268 g/mol. The van der Waals surface area contributed by atoms with Crippen molar-refractivity contribution < 1.29 is 14.3 Å². The number of amides is 1. The Bertz CT molecular complexity index is 449. The Labute approximate surface area is 127 Å². The molecule has 0 fully saturated rings. The molecule has 1 amide bonds.